The second-order valence-corrected chi connectivity index (χ2v) is 9.36. The summed E-state index contributed by atoms with van der Waals surface area (Å²) in [6.07, 6.45) is 0.945. The van der Waals surface area contributed by atoms with Crippen molar-refractivity contribution in [2.24, 2.45) is 17.3 Å². The van der Waals surface area contributed by atoms with Gasteiger partial charge in [0.1, 0.15) is 11.8 Å². The first-order chi connectivity index (χ1) is 16.4. The first-order valence-corrected chi connectivity index (χ1v) is 11.5. The SMILES string of the molecule is CCOC(=O)[C@@]12O[C@@](N(C)c3ccccc3)([C@H]3C(=O)N(c4ccccc4)C(=O)[C@H]31)C1(CC1)C2=O. The van der Waals surface area contributed by atoms with Gasteiger partial charge in [-0.25, -0.2) is 9.69 Å². The molecule has 0 radical (unpaired) electrons. The maximum atomic E-state index is 14.0. The molecule has 2 aromatic carbocycles. The van der Waals surface area contributed by atoms with Crippen molar-refractivity contribution in [2.75, 3.05) is 23.5 Å². The van der Waals surface area contributed by atoms with Crippen LogP contribution in [0.4, 0.5) is 11.4 Å². The predicted molar refractivity (Wildman–Crippen MR) is 121 cm³/mol. The molecular weight excluding hydrogens is 436 g/mol. The second kappa shape index (κ2) is 6.76. The lowest BCUT2D eigenvalue weighted by atomic mass is 9.62. The molecule has 2 amide bonds. The van der Waals surface area contributed by atoms with Gasteiger partial charge in [-0.05, 0) is 44.0 Å². The van der Waals surface area contributed by atoms with Gasteiger partial charge in [0.25, 0.3) is 0 Å². The molecule has 0 unspecified atom stereocenters. The molecule has 1 saturated carbocycles. The van der Waals surface area contributed by atoms with Crippen LogP contribution in [0.15, 0.2) is 60.7 Å². The summed E-state index contributed by atoms with van der Waals surface area (Å²) in [6, 6.07) is 17.9. The lowest BCUT2D eigenvalue weighted by Crippen LogP contribution is -2.63. The number of nitrogens with zero attached hydrogens (tertiary/aromatic N) is 2. The second-order valence-electron chi connectivity index (χ2n) is 9.36. The summed E-state index contributed by atoms with van der Waals surface area (Å²) in [7, 11) is 1.76. The van der Waals surface area contributed by atoms with Crippen LogP contribution in [0.1, 0.15) is 19.8 Å². The Bertz CT molecular complexity index is 1230. The molecule has 8 nitrogen and oxygen atoms in total. The van der Waals surface area contributed by atoms with Gasteiger partial charge < -0.3 is 14.4 Å². The third kappa shape index (κ3) is 2.17. The normalized spacial score (nSPS) is 32.3. The fourth-order valence-electron chi connectivity index (χ4n) is 6.43. The highest BCUT2D eigenvalue weighted by Gasteiger charge is 2.93. The molecule has 1 aliphatic carbocycles. The number of rotatable bonds is 5. The number of ketones is 1. The van der Waals surface area contributed by atoms with E-state index in [4.69, 9.17) is 9.47 Å². The fourth-order valence-corrected chi connectivity index (χ4v) is 6.43. The summed E-state index contributed by atoms with van der Waals surface area (Å²) < 4.78 is 11.8. The smallest absolute Gasteiger partial charge is 0.347 e. The van der Waals surface area contributed by atoms with Crippen LogP contribution in [0.3, 0.4) is 0 Å². The summed E-state index contributed by atoms with van der Waals surface area (Å²) in [5.74, 6) is -4.73. The average Bonchev–Trinajstić information content (AvgIpc) is 3.47. The molecule has 3 aliphatic heterocycles. The number of carbonyl (C=O) groups is 4. The van der Waals surface area contributed by atoms with Gasteiger partial charge in [-0.15, -0.1) is 0 Å². The van der Waals surface area contributed by atoms with Crippen molar-refractivity contribution >= 4 is 34.9 Å². The van der Waals surface area contributed by atoms with E-state index in [1.807, 2.05) is 30.3 Å². The summed E-state index contributed by atoms with van der Waals surface area (Å²) in [6.45, 7) is 1.65. The summed E-state index contributed by atoms with van der Waals surface area (Å²) in [4.78, 5) is 58.2. The lowest BCUT2D eigenvalue weighted by molar-refractivity contribution is -0.176. The largest absolute Gasteiger partial charge is 0.463 e. The Balaban J connectivity index is 1.59. The first-order valence-electron chi connectivity index (χ1n) is 11.5. The van der Waals surface area contributed by atoms with Crippen molar-refractivity contribution in [3.05, 3.63) is 60.7 Å². The summed E-state index contributed by atoms with van der Waals surface area (Å²) >= 11 is 0. The van der Waals surface area contributed by atoms with Gasteiger partial charge >= 0.3 is 5.97 Å². The fraction of sp³-hybridized carbons (Fsp3) is 0.385. The molecule has 3 heterocycles. The van der Waals surface area contributed by atoms with Crippen molar-refractivity contribution in [2.45, 2.75) is 31.1 Å². The summed E-state index contributed by atoms with van der Waals surface area (Å²) in [5, 5.41) is 0. The minimum Gasteiger partial charge on any atom is -0.463 e. The molecule has 8 heteroatoms. The number of esters is 1. The van der Waals surface area contributed by atoms with Gasteiger partial charge in [-0.1, -0.05) is 36.4 Å². The number of para-hydroxylation sites is 2. The third-order valence-electron chi connectivity index (χ3n) is 7.92. The van der Waals surface area contributed by atoms with E-state index in [1.165, 1.54) is 0 Å². The molecule has 174 valence electrons. The quantitative estimate of drug-likeness (QED) is 0.384. The first kappa shape index (κ1) is 21.0. The Morgan fingerprint density at radius 2 is 1.59 bits per heavy atom. The number of Topliss-reactive ketones (excluding diaryl/α,β-unsaturated/α-hetero) is 1. The van der Waals surface area contributed by atoms with E-state index in [2.05, 4.69) is 0 Å². The number of carbonyl (C=O) groups excluding carboxylic acids is 4. The molecule has 0 N–H and O–H groups in total. The third-order valence-corrected chi connectivity index (χ3v) is 7.92. The van der Waals surface area contributed by atoms with Crippen LogP contribution in [0.25, 0.3) is 0 Å². The Labute approximate surface area is 196 Å². The van der Waals surface area contributed by atoms with Gasteiger partial charge in [0.2, 0.25) is 17.4 Å². The number of hydrogen-bond donors (Lipinski definition) is 0. The monoisotopic (exact) mass is 460 g/mol. The van der Waals surface area contributed by atoms with E-state index in [0.29, 0.717) is 18.5 Å². The maximum Gasteiger partial charge on any atom is 0.347 e. The number of benzene rings is 2. The molecule has 2 bridgehead atoms. The van der Waals surface area contributed by atoms with Crippen LogP contribution in [-0.4, -0.2) is 48.5 Å². The van der Waals surface area contributed by atoms with E-state index in [9.17, 15) is 19.2 Å². The van der Waals surface area contributed by atoms with Crippen molar-refractivity contribution in [1.82, 2.24) is 0 Å². The summed E-state index contributed by atoms with van der Waals surface area (Å²) in [5.41, 5.74) is -3.55. The molecule has 0 aromatic heterocycles. The predicted octanol–water partition coefficient (Wildman–Crippen LogP) is 2.32. The zero-order valence-corrected chi connectivity index (χ0v) is 18.9. The molecule has 2 aromatic rings. The topological polar surface area (TPSA) is 93.2 Å². The number of imide groups is 1. The van der Waals surface area contributed by atoms with Crippen LogP contribution in [0.2, 0.25) is 0 Å². The Morgan fingerprint density at radius 1 is 1.00 bits per heavy atom. The van der Waals surface area contributed by atoms with E-state index < -0.39 is 52.1 Å². The molecule has 3 saturated heterocycles. The minimum atomic E-state index is -2.14. The highest BCUT2D eigenvalue weighted by atomic mass is 16.6. The average molecular weight is 460 g/mol. The standard InChI is InChI=1S/C26H24N2O6/c1-3-33-23(32)25-18-19(21(30)28(20(18)29)17-12-8-5-9-13-17)26(34-25,24(14-15-24)22(25)31)27(2)16-10-6-4-7-11-16/h4-13,18-19H,3,14-15H2,1-2H3/t18-,19+,25+,26-/m0/s1. The molecule has 6 rings (SSSR count). The van der Waals surface area contributed by atoms with Crippen molar-refractivity contribution in [3.8, 4) is 0 Å². The molecule has 1 spiro atoms. The Hall–Kier alpha value is -3.52. The van der Waals surface area contributed by atoms with Gasteiger partial charge in [-0.2, -0.15) is 0 Å². The zero-order valence-electron chi connectivity index (χ0n) is 18.9. The van der Waals surface area contributed by atoms with Crippen LogP contribution < -0.4 is 9.80 Å². The van der Waals surface area contributed by atoms with E-state index in [-0.39, 0.29) is 6.61 Å². The number of ether oxygens (including phenoxy) is 2. The minimum absolute atomic E-state index is 0.0215. The van der Waals surface area contributed by atoms with Crippen LogP contribution in [0, 0.1) is 17.3 Å². The van der Waals surface area contributed by atoms with Gasteiger partial charge in [0.15, 0.2) is 11.5 Å². The Morgan fingerprint density at radius 3 is 2.18 bits per heavy atom. The molecule has 34 heavy (non-hydrogen) atoms. The van der Waals surface area contributed by atoms with E-state index >= 15 is 0 Å². The van der Waals surface area contributed by atoms with E-state index in [0.717, 1.165) is 10.6 Å². The number of amides is 2. The number of fused-ring (bicyclic) bond motifs is 6. The van der Waals surface area contributed by atoms with Gasteiger partial charge in [0, 0.05) is 12.7 Å². The van der Waals surface area contributed by atoms with Crippen molar-refractivity contribution in [3.63, 3.8) is 0 Å². The van der Waals surface area contributed by atoms with Crippen LogP contribution in [0.5, 0.6) is 0 Å². The van der Waals surface area contributed by atoms with Crippen molar-refractivity contribution in [1.29, 1.82) is 0 Å². The van der Waals surface area contributed by atoms with Gasteiger partial charge in [0.05, 0.1) is 17.7 Å². The molecular formula is C26H24N2O6. The highest BCUT2D eigenvalue weighted by molar-refractivity contribution is 6.30. The van der Waals surface area contributed by atoms with E-state index in [1.54, 1.807) is 49.2 Å². The molecule has 4 fully saturated rings. The lowest BCUT2D eigenvalue weighted by Gasteiger charge is -2.45. The Kier molecular flexibility index (Phi) is 4.18. The van der Waals surface area contributed by atoms with Crippen LogP contribution in [-0.2, 0) is 28.7 Å². The zero-order chi connectivity index (χ0) is 23.9. The number of hydrogen-bond acceptors (Lipinski definition) is 7. The highest BCUT2D eigenvalue weighted by Crippen LogP contribution is 2.75. The molecule has 4 aliphatic rings. The molecule has 4 atom stereocenters. The number of anilines is 2. The van der Waals surface area contributed by atoms with Crippen molar-refractivity contribution < 1.29 is 28.7 Å². The van der Waals surface area contributed by atoms with Gasteiger partial charge in [-0.3, -0.25) is 14.4 Å². The maximum absolute atomic E-state index is 14.0. The van der Waals surface area contributed by atoms with Crippen LogP contribution >= 0.6 is 0 Å².